The van der Waals surface area contributed by atoms with E-state index < -0.39 is 29.2 Å². The Hall–Kier alpha value is -4.07. The highest BCUT2D eigenvalue weighted by Gasteiger charge is 2.33. The molecule has 0 aliphatic carbocycles. The molecule has 0 unspecified atom stereocenters. The van der Waals surface area contributed by atoms with Gasteiger partial charge < -0.3 is 23.7 Å². The van der Waals surface area contributed by atoms with Crippen LogP contribution >= 0.6 is 0 Å². The molecule has 0 aliphatic heterocycles. The molecule has 0 bridgehead atoms. The quantitative estimate of drug-likeness (QED) is 0.0952. The van der Waals surface area contributed by atoms with E-state index in [1.165, 1.54) is 18.2 Å². The number of methoxy groups -OCH3 is 2. The van der Waals surface area contributed by atoms with Gasteiger partial charge in [0.2, 0.25) is 0 Å². The molecule has 0 fully saturated rings. The van der Waals surface area contributed by atoms with Crippen LogP contribution in [-0.2, 0) is 24.5 Å². The predicted octanol–water partition coefficient (Wildman–Crippen LogP) is 6.90. The minimum Gasteiger partial charge on any atom is -0.496 e. The number of allylic oxidation sites excluding steroid dienone is 2. The summed E-state index contributed by atoms with van der Waals surface area (Å²) in [6.07, 6.45) is 4.92. The Kier molecular flexibility index (Phi) is 10.6. The van der Waals surface area contributed by atoms with Crippen LogP contribution in [0.1, 0.15) is 76.9 Å². The van der Waals surface area contributed by atoms with E-state index in [0.29, 0.717) is 22.6 Å². The number of hydrogen-bond donors (Lipinski definition) is 0. The molecular formula is C33H42O8. The van der Waals surface area contributed by atoms with Crippen LogP contribution in [0.2, 0.25) is 0 Å². The third kappa shape index (κ3) is 8.71. The molecule has 0 saturated carbocycles. The van der Waals surface area contributed by atoms with Crippen molar-refractivity contribution in [1.82, 2.24) is 0 Å². The van der Waals surface area contributed by atoms with Gasteiger partial charge in [0.25, 0.3) is 0 Å². The minimum absolute atomic E-state index is 0.238. The van der Waals surface area contributed by atoms with Crippen molar-refractivity contribution >= 4 is 23.8 Å². The summed E-state index contributed by atoms with van der Waals surface area (Å²) in [6, 6.07) is 9.91. The highest BCUT2D eigenvalue weighted by Crippen LogP contribution is 2.40. The van der Waals surface area contributed by atoms with Crippen LogP contribution in [0.3, 0.4) is 0 Å². The van der Waals surface area contributed by atoms with Gasteiger partial charge in [0.05, 0.1) is 30.6 Å². The smallest absolute Gasteiger partial charge is 0.410 e. The van der Waals surface area contributed by atoms with Crippen LogP contribution < -0.4 is 14.2 Å². The molecule has 0 atom stereocenters. The first-order valence-electron chi connectivity index (χ1n) is 13.2. The Bertz CT molecular complexity index is 1260. The van der Waals surface area contributed by atoms with Gasteiger partial charge in [0.15, 0.2) is 5.78 Å². The van der Waals surface area contributed by atoms with E-state index in [0.717, 1.165) is 5.56 Å². The second-order valence-corrected chi connectivity index (χ2v) is 12.1. The molecule has 0 saturated heterocycles. The number of ketones is 1. The Morgan fingerprint density at radius 1 is 0.780 bits per heavy atom. The van der Waals surface area contributed by atoms with Crippen LogP contribution in [0.5, 0.6) is 17.2 Å². The van der Waals surface area contributed by atoms with Crippen molar-refractivity contribution < 1.29 is 38.1 Å². The average molecular weight is 567 g/mol. The summed E-state index contributed by atoms with van der Waals surface area (Å²) in [5, 5.41) is 0. The fraction of sp³-hybridized carbons (Fsp3) is 0.424. The van der Waals surface area contributed by atoms with Crippen LogP contribution in [0.15, 0.2) is 55.1 Å². The summed E-state index contributed by atoms with van der Waals surface area (Å²) in [5.41, 5.74) is -0.155. The normalized spacial score (nSPS) is 12.2. The summed E-state index contributed by atoms with van der Waals surface area (Å²) in [6.45, 7) is 16.4. The van der Waals surface area contributed by atoms with Gasteiger partial charge >= 0.3 is 18.4 Å². The van der Waals surface area contributed by atoms with Crippen LogP contribution in [0.4, 0.5) is 0 Å². The van der Waals surface area contributed by atoms with Gasteiger partial charge in [-0.15, -0.1) is 6.58 Å². The molecule has 222 valence electrons. The minimum atomic E-state index is -1.60. The molecular weight excluding hydrogens is 524 g/mol. The lowest BCUT2D eigenvalue weighted by Crippen LogP contribution is -2.37. The van der Waals surface area contributed by atoms with Crippen molar-refractivity contribution in [2.24, 2.45) is 10.8 Å². The number of carbonyl (C=O) groups excluding carboxylic acids is 3. The second-order valence-electron chi connectivity index (χ2n) is 12.1. The maximum atomic E-state index is 13.0. The van der Waals surface area contributed by atoms with Gasteiger partial charge in [-0.25, -0.2) is 0 Å². The highest BCUT2D eigenvalue weighted by molar-refractivity contribution is 6.07. The molecule has 8 heteroatoms. The molecule has 2 aromatic rings. The van der Waals surface area contributed by atoms with E-state index in [4.69, 9.17) is 23.7 Å². The lowest BCUT2D eigenvalue weighted by atomic mass is 9.83. The maximum absolute atomic E-state index is 13.0. The average Bonchev–Trinajstić information content (AvgIpc) is 2.90. The number of carbonyl (C=O) groups is 3. The summed E-state index contributed by atoms with van der Waals surface area (Å²) < 4.78 is 27.6. The first-order chi connectivity index (χ1) is 18.9. The Balaban J connectivity index is 2.30. The van der Waals surface area contributed by atoms with Crippen molar-refractivity contribution in [3.63, 3.8) is 0 Å². The fourth-order valence-corrected chi connectivity index (χ4v) is 3.42. The lowest BCUT2D eigenvalue weighted by molar-refractivity contribution is -0.244. The zero-order valence-electron chi connectivity index (χ0n) is 25.7. The van der Waals surface area contributed by atoms with Gasteiger partial charge in [-0.05, 0) is 84.0 Å². The molecule has 2 rings (SSSR count). The lowest BCUT2D eigenvalue weighted by Gasteiger charge is -2.26. The third-order valence-corrected chi connectivity index (χ3v) is 6.19. The highest BCUT2D eigenvalue weighted by atomic mass is 16.9. The zero-order valence-corrected chi connectivity index (χ0v) is 25.7. The van der Waals surface area contributed by atoms with E-state index in [-0.39, 0.29) is 16.9 Å². The van der Waals surface area contributed by atoms with Crippen LogP contribution in [-0.4, -0.2) is 38.4 Å². The van der Waals surface area contributed by atoms with E-state index in [9.17, 15) is 14.4 Å². The van der Waals surface area contributed by atoms with Crippen molar-refractivity contribution in [2.75, 3.05) is 14.2 Å². The van der Waals surface area contributed by atoms with Gasteiger partial charge in [0, 0.05) is 16.5 Å². The van der Waals surface area contributed by atoms with E-state index in [2.05, 4.69) is 6.58 Å². The second kappa shape index (κ2) is 13.1. The van der Waals surface area contributed by atoms with Gasteiger partial charge in [-0.2, -0.15) is 0 Å². The molecule has 0 N–H and O–H groups in total. The maximum Gasteiger partial charge on any atom is 0.410 e. The SMILES string of the molecule is C=CC(C)(C)c1ccc(OC)c(C=CC(=O)c2ccc(OC(OC(=O)C(C)(C)C)OC(=O)C(C)(C)C)cc2)c1OC. The molecule has 0 aromatic heterocycles. The van der Waals surface area contributed by atoms with Crippen molar-refractivity contribution in [3.05, 3.63) is 71.8 Å². The largest absolute Gasteiger partial charge is 0.496 e. The number of esters is 2. The topological polar surface area (TPSA) is 97.4 Å². The van der Waals surface area contributed by atoms with Crippen LogP contribution in [0.25, 0.3) is 6.08 Å². The number of rotatable bonds is 11. The standard InChI is InChI=1S/C33H42O8/c1-12-33(8,9)24-18-20-26(37-10)23(27(24)38-11)17-19-25(34)21-13-15-22(16-14-21)39-30(40-28(35)31(2,3)4)41-29(36)32(5,6)7/h12-20,30H,1H2,2-11H3. The summed E-state index contributed by atoms with van der Waals surface area (Å²) in [7, 11) is 3.12. The molecule has 0 heterocycles. The monoisotopic (exact) mass is 566 g/mol. The van der Waals surface area contributed by atoms with Crippen molar-refractivity contribution in [3.8, 4) is 17.2 Å². The molecule has 0 spiro atoms. The number of benzene rings is 2. The fourth-order valence-electron chi connectivity index (χ4n) is 3.42. The van der Waals surface area contributed by atoms with Gasteiger partial charge in [0.1, 0.15) is 17.2 Å². The molecule has 0 radical (unpaired) electrons. The summed E-state index contributed by atoms with van der Waals surface area (Å²) in [5.74, 6) is -0.104. The Morgan fingerprint density at radius 2 is 1.32 bits per heavy atom. The number of hydrogen-bond acceptors (Lipinski definition) is 8. The molecule has 2 aromatic carbocycles. The zero-order chi connectivity index (χ0) is 31.2. The van der Waals surface area contributed by atoms with Gasteiger partial charge in [-0.1, -0.05) is 26.0 Å². The van der Waals surface area contributed by atoms with Crippen LogP contribution in [0, 0.1) is 10.8 Å². The predicted molar refractivity (Wildman–Crippen MR) is 158 cm³/mol. The Labute approximate surface area is 243 Å². The summed E-state index contributed by atoms with van der Waals surface area (Å²) in [4.78, 5) is 37.9. The first-order valence-corrected chi connectivity index (χ1v) is 13.2. The van der Waals surface area contributed by atoms with Crippen molar-refractivity contribution in [1.29, 1.82) is 0 Å². The molecule has 8 nitrogen and oxygen atoms in total. The molecule has 0 aliphatic rings. The van der Waals surface area contributed by atoms with Gasteiger partial charge in [-0.3, -0.25) is 14.4 Å². The number of ether oxygens (including phenoxy) is 5. The molecule has 41 heavy (non-hydrogen) atoms. The molecule has 0 amide bonds. The summed E-state index contributed by atoms with van der Waals surface area (Å²) >= 11 is 0. The van der Waals surface area contributed by atoms with E-state index >= 15 is 0 Å². The Morgan fingerprint density at radius 3 is 1.76 bits per heavy atom. The third-order valence-electron chi connectivity index (χ3n) is 6.19. The van der Waals surface area contributed by atoms with Crippen molar-refractivity contribution in [2.45, 2.75) is 67.3 Å². The first kappa shape index (κ1) is 33.1. The van der Waals surface area contributed by atoms with E-state index in [1.807, 2.05) is 32.1 Å². The van der Waals surface area contributed by atoms with E-state index in [1.54, 1.807) is 74.0 Å².